The minimum atomic E-state index is -1.26. The summed E-state index contributed by atoms with van der Waals surface area (Å²) in [6.07, 6.45) is 2.49. The summed E-state index contributed by atoms with van der Waals surface area (Å²) in [5.74, 6) is -2.72. The van der Waals surface area contributed by atoms with Crippen molar-refractivity contribution in [3.63, 3.8) is 0 Å². The third-order valence-electron chi connectivity index (χ3n) is 0.865. The molecule has 0 rings (SSSR count). The second-order valence-corrected chi connectivity index (χ2v) is 2.23. The Bertz CT molecular complexity index is 218. The molecule has 0 radical (unpaired) electrons. The molecule has 0 atom stereocenters. The van der Waals surface area contributed by atoms with Gasteiger partial charge in [-0.2, -0.15) is 0 Å². The number of amides is 1. The van der Waals surface area contributed by atoms with Crippen LogP contribution in [0.3, 0.4) is 0 Å². The highest BCUT2D eigenvalue weighted by Gasteiger charge is 1.88. The number of nitrogens with two attached hydrogens (primary N) is 1. The average Bonchev–Trinajstić information content (AvgIpc) is 2.01. The van der Waals surface area contributed by atoms with Gasteiger partial charge in [-0.1, -0.05) is 6.92 Å². The molecule has 6 nitrogen and oxygen atoms in total. The van der Waals surface area contributed by atoms with Gasteiger partial charge in [-0.25, -0.2) is 9.59 Å². The Morgan fingerprint density at radius 3 is 1.57 bits per heavy atom. The van der Waals surface area contributed by atoms with Crippen LogP contribution in [-0.2, 0) is 14.4 Å². The zero-order valence-corrected chi connectivity index (χ0v) is 7.77. The molecule has 0 fully saturated rings. The van der Waals surface area contributed by atoms with Gasteiger partial charge in [0.2, 0.25) is 5.91 Å². The summed E-state index contributed by atoms with van der Waals surface area (Å²) in [5.41, 5.74) is 4.76. The zero-order chi connectivity index (χ0) is 11.6. The molecule has 0 aromatic carbocycles. The average molecular weight is 203 g/mol. The van der Waals surface area contributed by atoms with Crippen molar-refractivity contribution in [2.75, 3.05) is 0 Å². The van der Waals surface area contributed by atoms with Gasteiger partial charge >= 0.3 is 11.9 Å². The van der Waals surface area contributed by atoms with Gasteiger partial charge in [-0.15, -0.1) is 0 Å². The molecule has 6 heteroatoms. The fraction of sp³-hybridized carbons (Fsp3) is 0.375. The molecule has 0 aliphatic carbocycles. The maximum atomic E-state index is 9.82. The lowest BCUT2D eigenvalue weighted by atomic mass is 10.3. The summed E-state index contributed by atoms with van der Waals surface area (Å²) < 4.78 is 0. The highest BCUT2D eigenvalue weighted by molar-refractivity contribution is 5.89. The first-order valence-electron chi connectivity index (χ1n) is 3.82. The number of rotatable bonds is 4. The molecule has 0 aliphatic heterocycles. The van der Waals surface area contributed by atoms with Gasteiger partial charge in [-0.3, -0.25) is 4.79 Å². The van der Waals surface area contributed by atoms with Gasteiger partial charge in [0, 0.05) is 18.6 Å². The number of aliphatic carboxylic acids is 2. The first-order chi connectivity index (χ1) is 6.40. The summed E-state index contributed by atoms with van der Waals surface area (Å²) in [6.45, 7) is 1.92. The van der Waals surface area contributed by atoms with Crippen LogP contribution in [0.25, 0.3) is 0 Å². The van der Waals surface area contributed by atoms with Crippen LogP contribution < -0.4 is 5.73 Å². The maximum Gasteiger partial charge on any atom is 0.328 e. The molecular weight excluding hydrogens is 190 g/mol. The van der Waals surface area contributed by atoms with Crippen LogP contribution in [0.2, 0.25) is 0 Å². The van der Waals surface area contributed by atoms with E-state index in [2.05, 4.69) is 0 Å². The Hall–Kier alpha value is -1.85. The van der Waals surface area contributed by atoms with Crippen molar-refractivity contribution >= 4 is 17.8 Å². The van der Waals surface area contributed by atoms with E-state index in [-0.39, 0.29) is 5.91 Å². The smallest absolute Gasteiger partial charge is 0.328 e. The lowest BCUT2D eigenvalue weighted by Gasteiger charge is -1.81. The van der Waals surface area contributed by atoms with Gasteiger partial charge in [0.1, 0.15) is 0 Å². The molecule has 4 N–H and O–H groups in total. The van der Waals surface area contributed by atoms with Crippen LogP contribution in [0, 0.1) is 0 Å². The second kappa shape index (κ2) is 9.24. The first kappa shape index (κ1) is 14.7. The minimum Gasteiger partial charge on any atom is -0.478 e. The number of primary amides is 1. The van der Waals surface area contributed by atoms with Crippen molar-refractivity contribution in [1.82, 2.24) is 0 Å². The van der Waals surface area contributed by atoms with Crippen molar-refractivity contribution in [1.29, 1.82) is 0 Å². The van der Waals surface area contributed by atoms with Gasteiger partial charge in [0.05, 0.1) is 0 Å². The Morgan fingerprint density at radius 1 is 1.14 bits per heavy atom. The van der Waals surface area contributed by atoms with Gasteiger partial charge in [0.25, 0.3) is 0 Å². The Labute approximate surface area is 81.0 Å². The van der Waals surface area contributed by atoms with E-state index in [1.165, 1.54) is 0 Å². The Kier molecular flexibility index (Phi) is 9.68. The van der Waals surface area contributed by atoms with Gasteiger partial charge in [0.15, 0.2) is 0 Å². The lowest BCUT2D eigenvalue weighted by molar-refractivity contribution is -0.134. The molecule has 0 aliphatic rings. The molecule has 0 spiro atoms. The second-order valence-electron chi connectivity index (χ2n) is 2.23. The number of carbonyl (C=O) groups is 3. The standard InChI is InChI=1S/C4H9NO.C4H4O4/c1-2-3-4(5)6;5-3(6)1-2-4(7)8/h2-3H2,1H3,(H2,5,6);1-2H,(H,5,6)(H,7,8)/b;2-1+. The lowest BCUT2D eigenvalue weighted by Crippen LogP contribution is -2.08. The Balaban J connectivity index is 0. The summed E-state index contributed by atoms with van der Waals surface area (Å²) in [7, 11) is 0. The van der Waals surface area contributed by atoms with E-state index in [1.54, 1.807) is 0 Å². The highest BCUT2D eigenvalue weighted by Crippen LogP contribution is 1.79. The van der Waals surface area contributed by atoms with Crippen LogP contribution in [0.1, 0.15) is 19.8 Å². The molecule has 0 saturated heterocycles. The third-order valence-corrected chi connectivity index (χ3v) is 0.865. The van der Waals surface area contributed by atoms with Crippen molar-refractivity contribution in [3.8, 4) is 0 Å². The molecule has 0 saturated carbocycles. The highest BCUT2D eigenvalue weighted by atomic mass is 16.4. The van der Waals surface area contributed by atoms with Crippen LogP contribution in [0.15, 0.2) is 12.2 Å². The van der Waals surface area contributed by atoms with Crippen LogP contribution in [-0.4, -0.2) is 28.1 Å². The van der Waals surface area contributed by atoms with E-state index in [9.17, 15) is 14.4 Å². The number of carbonyl (C=O) groups excluding carboxylic acids is 1. The van der Waals surface area contributed by atoms with Crippen molar-refractivity contribution in [3.05, 3.63) is 12.2 Å². The van der Waals surface area contributed by atoms with E-state index in [4.69, 9.17) is 15.9 Å². The summed E-state index contributed by atoms with van der Waals surface area (Å²) in [5, 5.41) is 15.6. The molecule has 0 aromatic heterocycles. The predicted octanol–water partition coefficient (Wildman–Crippen LogP) is -0.0164. The number of carboxylic acids is 2. The SMILES string of the molecule is CCCC(N)=O.O=C(O)/C=C/C(=O)O. The molecule has 0 unspecified atom stereocenters. The number of carboxylic acid groups (broad SMARTS) is 2. The number of hydrogen-bond donors (Lipinski definition) is 3. The largest absolute Gasteiger partial charge is 0.478 e. The summed E-state index contributed by atoms with van der Waals surface area (Å²) in [4.78, 5) is 28.9. The fourth-order valence-corrected chi connectivity index (χ4v) is 0.389. The fourth-order valence-electron chi connectivity index (χ4n) is 0.389. The quantitative estimate of drug-likeness (QED) is 0.555. The predicted molar refractivity (Wildman–Crippen MR) is 48.5 cm³/mol. The molecule has 80 valence electrons. The van der Waals surface area contributed by atoms with E-state index >= 15 is 0 Å². The Morgan fingerprint density at radius 2 is 1.50 bits per heavy atom. The molecule has 0 aromatic rings. The molecular formula is C8H13NO5. The van der Waals surface area contributed by atoms with Crippen molar-refractivity contribution in [2.45, 2.75) is 19.8 Å². The topological polar surface area (TPSA) is 118 Å². The molecule has 0 bridgehead atoms. The van der Waals surface area contributed by atoms with E-state index < -0.39 is 11.9 Å². The van der Waals surface area contributed by atoms with E-state index in [0.29, 0.717) is 18.6 Å². The monoisotopic (exact) mass is 203 g/mol. The normalized spacial score (nSPS) is 8.93. The van der Waals surface area contributed by atoms with Crippen molar-refractivity contribution in [2.24, 2.45) is 5.73 Å². The summed E-state index contributed by atoms with van der Waals surface area (Å²) in [6, 6.07) is 0. The first-order valence-corrected chi connectivity index (χ1v) is 3.82. The molecule has 14 heavy (non-hydrogen) atoms. The van der Waals surface area contributed by atoms with Crippen LogP contribution in [0.5, 0.6) is 0 Å². The third kappa shape index (κ3) is 22.5. The van der Waals surface area contributed by atoms with Crippen molar-refractivity contribution < 1.29 is 24.6 Å². The zero-order valence-electron chi connectivity index (χ0n) is 7.77. The molecule has 1 amide bonds. The van der Waals surface area contributed by atoms with E-state index in [1.807, 2.05) is 6.92 Å². The van der Waals surface area contributed by atoms with Gasteiger partial charge in [-0.05, 0) is 6.42 Å². The van der Waals surface area contributed by atoms with Crippen LogP contribution >= 0.6 is 0 Å². The molecule has 0 heterocycles. The van der Waals surface area contributed by atoms with Crippen LogP contribution in [0.4, 0.5) is 0 Å². The van der Waals surface area contributed by atoms with E-state index in [0.717, 1.165) is 6.42 Å². The van der Waals surface area contributed by atoms with Gasteiger partial charge < -0.3 is 15.9 Å². The number of hydrogen-bond acceptors (Lipinski definition) is 3. The minimum absolute atomic E-state index is 0.211. The maximum absolute atomic E-state index is 9.82. The summed E-state index contributed by atoms with van der Waals surface area (Å²) >= 11 is 0.